The van der Waals surface area contributed by atoms with Gasteiger partial charge in [0.1, 0.15) is 6.23 Å². The van der Waals surface area contributed by atoms with Crippen molar-refractivity contribution in [2.75, 3.05) is 20.8 Å². The number of methoxy groups -OCH3 is 2. The zero-order chi connectivity index (χ0) is 14.7. The van der Waals surface area contributed by atoms with Crippen LogP contribution in [0.25, 0.3) is 0 Å². The molecule has 0 saturated carbocycles. The molecule has 2 unspecified atom stereocenters. The Balaban J connectivity index is 1.77. The number of ether oxygens (including phenoxy) is 3. The molecule has 4 nitrogen and oxygen atoms in total. The Kier molecular flexibility index (Phi) is 4.08. The lowest BCUT2D eigenvalue weighted by Crippen LogP contribution is -2.18. The Morgan fingerprint density at radius 2 is 1.71 bits per heavy atom. The fourth-order valence-electron chi connectivity index (χ4n) is 2.56. The maximum absolute atomic E-state index is 5.87. The maximum Gasteiger partial charge on any atom is 0.161 e. The van der Waals surface area contributed by atoms with E-state index in [4.69, 9.17) is 14.2 Å². The smallest absolute Gasteiger partial charge is 0.161 e. The minimum Gasteiger partial charge on any atom is -0.493 e. The van der Waals surface area contributed by atoms with Crippen molar-refractivity contribution >= 4 is 0 Å². The number of benzene rings is 2. The van der Waals surface area contributed by atoms with Gasteiger partial charge in [0.25, 0.3) is 0 Å². The van der Waals surface area contributed by atoms with E-state index in [-0.39, 0.29) is 12.3 Å². The first kappa shape index (κ1) is 13.9. The highest BCUT2D eigenvalue weighted by Gasteiger charge is 2.27. The van der Waals surface area contributed by atoms with Gasteiger partial charge in [-0.15, -0.1) is 0 Å². The SMILES string of the molecule is COc1ccc(C2NC(c3ccccc3)CO2)cc1OC. The second kappa shape index (κ2) is 6.16. The molecular weight excluding hydrogens is 266 g/mol. The molecule has 1 aliphatic rings. The summed E-state index contributed by atoms with van der Waals surface area (Å²) in [5.41, 5.74) is 2.27. The van der Waals surface area contributed by atoms with Crippen molar-refractivity contribution in [2.24, 2.45) is 0 Å². The fourth-order valence-corrected chi connectivity index (χ4v) is 2.56. The van der Waals surface area contributed by atoms with E-state index in [2.05, 4.69) is 17.4 Å². The molecule has 21 heavy (non-hydrogen) atoms. The number of rotatable bonds is 4. The van der Waals surface area contributed by atoms with Crippen LogP contribution in [0.15, 0.2) is 48.5 Å². The fraction of sp³-hybridized carbons (Fsp3) is 0.294. The van der Waals surface area contributed by atoms with Crippen molar-refractivity contribution in [3.63, 3.8) is 0 Å². The van der Waals surface area contributed by atoms with Crippen LogP contribution in [0, 0.1) is 0 Å². The highest BCUT2D eigenvalue weighted by Crippen LogP contribution is 2.34. The van der Waals surface area contributed by atoms with Gasteiger partial charge in [-0.1, -0.05) is 36.4 Å². The molecule has 1 N–H and O–H groups in total. The van der Waals surface area contributed by atoms with E-state index in [0.717, 1.165) is 11.3 Å². The predicted octanol–water partition coefficient (Wildman–Crippen LogP) is 3.06. The van der Waals surface area contributed by atoms with E-state index in [0.29, 0.717) is 12.4 Å². The van der Waals surface area contributed by atoms with Gasteiger partial charge in [0.2, 0.25) is 0 Å². The highest BCUT2D eigenvalue weighted by molar-refractivity contribution is 5.43. The summed E-state index contributed by atoms with van der Waals surface area (Å²) >= 11 is 0. The molecule has 0 radical (unpaired) electrons. The van der Waals surface area contributed by atoms with Gasteiger partial charge < -0.3 is 14.2 Å². The summed E-state index contributed by atoms with van der Waals surface area (Å²) in [7, 11) is 3.27. The lowest BCUT2D eigenvalue weighted by molar-refractivity contribution is 0.100. The summed E-state index contributed by atoms with van der Waals surface area (Å²) in [5.74, 6) is 1.43. The molecule has 4 heteroatoms. The minimum atomic E-state index is -0.130. The average molecular weight is 285 g/mol. The molecule has 0 spiro atoms. The van der Waals surface area contributed by atoms with Crippen molar-refractivity contribution in [1.82, 2.24) is 5.32 Å². The van der Waals surface area contributed by atoms with E-state index in [1.807, 2.05) is 36.4 Å². The van der Waals surface area contributed by atoms with Crippen LogP contribution in [0.1, 0.15) is 23.4 Å². The summed E-state index contributed by atoms with van der Waals surface area (Å²) in [6, 6.07) is 16.4. The van der Waals surface area contributed by atoms with E-state index in [1.54, 1.807) is 14.2 Å². The maximum atomic E-state index is 5.87. The summed E-state index contributed by atoms with van der Waals surface area (Å²) in [5, 5.41) is 3.49. The molecule has 2 aromatic rings. The van der Waals surface area contributed by atoms with Crippen molar-refractivity contribution < 1.29 is 14.2 Å². The Hall–Kier alpha value is -2.04. The largest absolute Gasteiger partial charge is 0.493 e. The third-order valence-corrected chi connectivity index (χ3v) is 3.69. The normalized spacial score (nSPS) is 21.2. The van der Waals surface area contributed by atoms with Crippen LogP contribution < -0.4 is 14.8 Å². The van der Waals surface area contributed by atoms with Gasteiger partial charge >= 0.3 is 0 Å². The Morgan fingerprint density at radius 3 is 2.43 bits per heavy atom. The van der Waals surface area contributed by atoms with Crippen LogP contribution >= 0.6 is 0 Å². The number of hydrogen-bond donors (Lipinski definition) is 1. The van der Waals surface area contributed by atoms with Crippen molar-refractivity contribution in [3.8, 4) is 11.5 Å². The van der Waals surface area contributed by atoms with Crippen molar-refractivity contribution in [1.29, 1.82) is 0 Å². The van der Waals surface area contributed by atoms with Gasteiger partial charge in [-0.3, -0.25) is 5.32 Å². The molecule has 1 aliphatic heterocycles. The summed E-state index contributed by atoms with van der Waals surface area (Å²) in [4.78, 5) is 0. The lowest BCUT2D eigenvalue weighted by atomic mass is 10.1. The van der Waals surface area contributed by atoms with E-state index < -0.39 is 0 Å². The van der Waals surface area contributed by atoms with Gasteiger partial charge in [0.15, 0.2) is 11.5 Å². The molecule has 0 amide bonds. The Bertz CT molecular complexity index is 600. The number of hydrogen-bond acceptors (Lipinski definition) is 4. The molecule has 1 fully saturated rings. The second-order valence-electron chi connectivity index (χ2n) is 4.96. The molecule has 2 atom stereocenters. The zero-order valence-electron chi connectivity index (χ0n) is 12.2. The Labute approximate surface area is 124 Å². The predicted molar refractivity (Wildman–Crippen MR) is 80.6 cm³/mol. The van der Waals surface area contributed by atoms with Crippen LogP contribution in [0.4, 0.5) is 0 Å². The molecule has 2 aromatic carbocycles. The van der Waals surface area contributed by atoms with Gasteiger partial charge in [0, 0.05) is 0 Å². The van der Waals surface area contributed by atoms with Gasteiger partial charge in [-0.2, -0.15) is 0 Å². The standard InChI is InChI=1S/C17H19NO3/c1-19-15-9-8-13(10-16(15)20-2)17-18-14(11-21-17)12-6-4-3-5-7-12/h3-10,14,17-18H,11H2,1-2H3. The molecule has 0 bridgehead atoms. The van der Waals surface area contributed by atoms with Crippen LogP contribution in [-0.2, 0) is 4.74 Å². The molecule has 3 rings (SSSR count). The van der Waals surface area contributed by atoms with Crippen LogP contribution in [-0.4, -0.2) is 20.8 Å². The van der Waals surface area contributed by atoms with Crippen molar-refractivity contribution in [3.05, 3.63) is 59.7 Å². The summed E-state index contributed by atoms with van der Waals surface area (Å²) in [6.45, 7) is 0.656. The molecular formula is C17H19NO3. The van der Waals surface area contributed by atoms with Gasteiger partial charge in [-0.05, 0) is 23.3 Å². The molecule has 1 heterocycles. The lowest BCUT2D eigenvalue weighted by Gasteiger charge is -2.15. The topological polar surface area (TPSA) is 39.7 Å². The first-order valence-corrected chi connectivity index (χ1v) is 6.96. The van der Waals surface area contributed by atoms with Crippen LogP contribution in [0.5, 0.6) is 11.5 Å². The zero-order valence-corrected chi connectivity index (χ0v) is 12.2. The van der Waals surface area contributed by atoms with E-state index in [9.17, 15) is 0 Å². The molecule has 0 aliphatic carbocycles. The first-order valence-electron chi connectivity index (χ1n) is 6.96. The van der Waals surface area contributed by atoms with E-state index >= 15 is 0 Å². The Morgan fingerprint density at radius 1 is 0.952 bits per heavy atom. The van der Waals surface area contributed by atoms with Crippen molar-refractivity contribution in [2.45, 2.75) is 12.3 Å². The second-order valence-corrected chi connectivity index (χ2v) is 4.96. The monoisotopic (exact) mass is 285 g/mol. The summed E-state index contributed by atoms with van der Waals surface area (Å²) in [6.07, 6.45) is -0.130. The minimum absolute atomic E-state index is 0.130. The number of nitrogens with one attached hydrogen (secondary N) is 1. The van der Waals surface area contributed by atoms with E-state index in [1.165, 1.54) is 5.56 Å². The first-order chi connectivity index (χ1) is 10.3. The summed E-state index contributed by atoms with van der Waals surface area (Å²) < 4.78 is 16.5. The molecule has 110 valence electrons. The highest BCUT2D eigenvalue weighted by atomic mass is 16.5. The quantitative estimate of drug-likeness (QED) is 0.937. The van der Waals surface area contributed by atoms with Gasteiger partial charge in [-0.25, -0.2) is 0 Å². The average Bonchev–Trinajstić information content (AvgIpc) is 3.05. The van der Waals surface area contributed by atoms with Crippen LogP contribution in [0.3, 0.4) is 0 Å². The third-order valence-electron chi connectivity index (χ3n) is 3.69. The molecule has 0 aromatic heterocycles. The van der Waals surface area contributed by atoms with Gasteiger partial charge in [0.05, 0.1) is 26.9 Å². The van der Waals surface area contributed by atoms with Crippen LogP contribution in [0.2, 0.25) is 0 Å². The molecule has 1 saturated heterocycles. The third kappa shape index (κ3) is 2.86.